The molecule has 0 radical (unpaired) electrons. The molecule has 0 saturated carbocycles. The van der Waals surface area contributed by atoms with Crippen LogP contribution in [0, 0.1) is 0 Å². The third kappa shape index (κ3) is 2.53. The lowest BCUT2D eigenvalue weighted by molar-refractivity contribution is -0.114. The van der Waals surface area contributed by atoms with Gasteiger partial charge in [-0.25, -0.2) is 0 Å². The summed E-state index contributed by atoms with van der Waals surface area (Å²) in [5.74, 6) is -0.877. The molecule has 2 heterocycles. The van der Waals surface area contributed by atoms with Gasteiger partial charge in [0.2, 0.25) is 0 Å². The molecular weight excluding hydrogens is 268 g/mol. The summed E-state index contributed by atoms with van der Waals surface area (Å²) in [6, 6.07) is 5.54. The lowest BCUT2D eigenvalue weighted by Crippen LogP contribution is -2.33. The van der Waals surface area contributed by atoms with Gasteiger partial charge in [0.05, 0.1) is 17.4 Å². The number of nitrogens with zero attached hydrogens (tertiary/aromatic N) is 2. The van der Waals surface area contributed by atoms with E-state index in [1.807, 2.05) is 19.2 Å². The van der Waals surface area contributed by atoms with Crippen LogP contribution < -0.4 is 9.80 Å². The molecule has 2 aliphatic heterocycles. The van der Waals surface area contributed by atoms with Gasteiger partial charge in [-0.05, 0) is 37.5 Å². The van der Waals surface area contributed by atoms with Gasteiger partial charge in [-0.2, -0.15) is 0 Å². The Kier molecular flexibility index (Phi) is 3.68. The van der Waals surface area contributed by atoms with Gasteiger partial charge >= 0.3 is 0 Å². The van der Waals surface area contributed by atoms with Crippen LogP contribution in [0.3, 0.4) is 0 Å². The van der Waals surface area contributed by atoms with Crippen molar-refractivity contribution in [3.63, 3.8) is 0 Å². The van der Waals surface area contributed by atoms with E-state index in [1.54, 1.807) is 13.1 Å². The number of hydrogen-bond acceptors (Lipinski definition) is 4. The van der Waals surface area contributed by atoms with Crippen molar-refractivity contribution in [2.75, 3.05) is 37.0 Å². The lowest BCUT2D eigenvalue weighted by Gasteiger charge is -2.29. The molecule has 0 spiro atoms. The highest BCUT2D eigenvalue weighted by molar-refractivity contribution is 6.52. The summed E-state index contributed by atoms with van der Waals surface area (Å²) in [6.45, 7) is 1.67. The predicted octanol–water partition coefficient (Wildman–Crippen LogP) is 1.85. The first kappa shape index (κ1) is 14.1. The van der Waals surface area contributed by atoms with Gasteiger partial charge in [0.1, 0.15) is 0 Å². The smallest absolute Gasteiger partial charge is 0.299 e. The first-order valence-corrected chi connectivity index (χ1v) is 7.37. The van der Waals surface area contributed by atoms with Gasteiger partial charge in [-0.3, -0.25) is 9.59 Å². The highest BCUT2D eigenvalue weighted by atomic mass is 16.5. The number of amides is 1. The number of anilines is 2. The van der Waals surface area contributed by atoms with Crippen molar-refractivity contribution in [1.82, 2.24) is 0 Å². The molecule has 0 aromatic heterocycles. The van der Waals surface area contributed by atoms with E-state index < -0.39 is 11.7 Å². The lowest BCUT2D eigenvalue weighted by atomic mass is 10.1. The number of fused-ring (bicyclic) bond motifs is 1. The summed E-state index contributed by atoms with van der Waals surface area (Å²) in [6.07, 6.45) is 3.72. The number of carbonyl (C=O) groups is 2. The molecule has 1 unspecified atom stereocenters. The van der Waals surface area contributed by atoms with E-state index in [-0.39, 0.29) is 6.10 Å². The van der Waals surface area contributed by atoms with Crippen molar-refractivity contribution in [2.24, 2.45) is 0 Å². The monoisotopic (exact) mass is 288 g/mol. The minimum absolute atomic E-state index is 0.262. The normalized spacial score (nSPS) is 21.6. The number of ether oxygens (including phenoxy) is 1. The van der Waals surface area contributed by atoms with Crippen LogP contribution in [0.2, 0.25) is 0 Å². The van der Waals surface area contributed by atoms with Gasteiger partial charge < -0.3 is 14.5 Å². The second-order valence-electron chi connectivity index (χ2n) is 5.76. The molecule has 2 aliphatic rings. The van der Waals surface area contributed by atoms with Crippen molar-refractivity contribution in [3.05, 3.63) is 23.8 Å². The first-order valence-electron chi connectivity index (χ1n) is 7.37. The van der Waals surface area contributed by atoms with E-state index in [0.717, 1.165) is 31.7 Å². The number of hydrogen-bond donors (Lipinski definition) is 0. The molecule has 5 nitrogen and oxygen atoms in total. The van der Waals surface area contributed by atoms with Crippen molar-refractivity contribution < 1.29 is 14.3 Å². The Balaban J connectivity index is 1.77. The number of ketones is 1. The maximum atomic E-state index is 11.8. The van der Waals surface area contributed by atoms with Crippen molar-refractivity contribution in [3.8, 4) is 0 Å². The first-order chi connectivity index (χ1) is 10.1. The topological polar surface area (TPSA) is 49.9 Å². The second kappa shape index (κ2) is 5.48. The SMILES string of the molecule is CN(CC1CCCCO1)c1ccc2c(c1)N(C)C(=O)C2=O. The average Bonchev–Trinajstić information content (AvgIpc) is 2.73. The standard InChI is InChI=1S/C16H20N2O3/c1-17(10-12-5-3-4-8-21-12)11-6-7-13-14(9-11)18(2)16(20)15(13)19/h6-7,9,12H,3-5,8,10H2,1-2H3. The molecule has 1 aromatic carbocycles. The van der Waals surface area contributed by atoms with E-state index in [9.17, 15) is 9.59 Å². The van der Waals surface area contributed by atoms with Crippen LogP contribution >= 0.6 is 0 Å². The zero-order chi connectivity index (χ0) is 15.0. The summed E-state index contributed by atoms with van der Waals surface area (Å²) >= 11 is 0. The van der Waals surface area contributed by atoms with E-state index in [4.69, 9.17) is 4.74 Å². The molecule has 3 rings (SSSR count). The van der Waals surface area contributed by atoms with Crippen LogP contribution in [0.15, 0.2) is 18.2 Å². The van der Waals surface area contributed by atoms with E-state index >= 15 is 0 Å². The summed E-state index contributed by atoms with van der Waals surface area (Å²) in [5, 5.41) is 0. The van der Waals surface area contributed by atoms with Crippen molar-refractivity contribution >= 4 is 23.1 Å². The zero-order valence-electron chi connectivity index (χ0n) is 12.5. The van der Waals surface area contributed by atoms with Crippen LogP contribution in [0.25, 0.3) is 0 Å². The van der Waals surface area contributed by atoms with Gasteiger partial charge in [-0.15, -0.1) is 0 Å². The molecule has 21 heavy (non-hydrogen) atoms. The van der Waals surface area contributed by atoms with Crippen LogP contribution in [0.1, 0.15) is 29.6 Å². The molecule has 0 N–H and O–H groups in total. The van der Waals surface area contributed by atoms with Crippen molar-refractivity contribution in [1.29, 1.82) is 0 Å². The maximum absolute atomic E-state index is 11.8. The molecule has 1 amide bonds. The fraction of sp³-hybridized carbons (Fsp3) is 0.500. The highest BCUT2D eigenvalue weighted by Crippen LogP contribution is 2.31. The second-order valence-corrected chi connectivity index (χ2v) is 5.76. The Labute approximate surface area is 124 Å². The van der Waals surface area contributed by atoms with Crippen LogP contribution in [0.4, 0.5) is 11.4 Å². The van der Waals surface area contributed by atoms with Gasteiger partial charge in [0.15, 0.2) is 0 Å². The van der Waals surface area contributed by atoms with Gasteiger partial charge in [0, 0.05) is 32.9 Å². The fourth-order valence-corrected chi connectivity index (χ4v) is 2.97. The highest BCUT2D eigenvalue weighted by Gasteiger charge is 2.33. The maximum Gasteiger partial charge on any atom is 0.299 e. The minimum atomic E-state index is -0.458. The van der Waals surface area contributed by atoms with Gasteiger partial charge in [0.25, 0.3) is 11.7 Å². The Hall–Kier alpha value is -1.88. The third-order valence-corrected chi connectivity index (χ3v) is 4.28. The van der Waals surface area contributed by atoms with Gasteiger partial charge in [-0.1, -0.05) is 0 Å². The van der Waals surface area contributed by atoms with E-state index in [0.29, 0.717) is 11.3 Å². The van der Waals surface area contributed by atoms with Crippen LogP contribution in [-0.2, 0) is 9.53 Å². The largest absolute Gasteiger partial charge is 0.376 e. The molecule has 5 heteroatoms. The Bertz CT molecular complexity index is 579. The quantitative estimate of drug-likeness (QED) is 0.797. The Morgan fingerprint density at radius 3 is 2.86 bits per heavy atom. The fourth-order valence-electron chi connectivity index (χ4n) is 2.97. The number of carbonyl (C=O) groups excluding carboxylic acids is 2. The van der Waals surface area contributed by atoms with Crippen molar-refractivity contribution in [2.45, 2.75) is 25.4 Å². The Morgan fingerprint density at radius 2 is 2.14 bits per heavy atom. The molecule has 1 fully saturated rings. The minimum Gasteiger partial charge on any atom is -0.376 e. The summed E-state index contributed by atoms with van der Waals surface area (Å²) in [5.41, 5.74) is 2.18. The summed E-state index contributed by atoms with van der Waals surface area (Å²) < 4.78 is 5.76. The number of rotatable bonds is 3. The molecule has 112 valence electrons. The van der Waals surface area contributed by atoms with Crippen LogP contribution in [0.5, 0.6) is 0 Å². The molecule has 0 bridgehead atoms. The third-order valence-electron chi connectivity index (χ3n) is 4.28. The average molecular weight is 288 g/mol. The molecule has 1 atom stereocenters. The zero-order valence-corrected chi connectivity index (χ0v) is 12.5. The molecule has 0 aliphatic carbocycles. The molecule has 1 saturated heterocycles. The Morgan fingerprint density at radius 1 is 1.33 bits per heavy atom. The summed E-state index contributed by atoms with van der Waals surface area (Å²) in [7, 11) is 3.65. The number of benzene rings is 1. The van der Waals surface area contributed by atoms with E-state index in [1.165, 1.54) is 11.3 Å². The van der Waals surface area contributed by atoms with Crippen LogP contribution in [-0.4, -0.2) is 45.0 Å². The van der Waals surface area contributed by atoms with E-state index in [2.05, 4.69) is 4.90 Å². The molecular formula is C16H20N2O3. The summed E-state index contributed by atoms with van der Waals surface area (Å²) in [4.78, 5) is 27.0. The number of likely N-dealkylation sites (N-methyl/N-ethyl adjacent to an activating group) is 2. The number of Topliss-reactive ketones (excluding diaryl/α,β-unsaturated/α-hetero) is 1. The molecule has 1 aromatic rings. The predicted molar refractivity (Wildman–Crippen MR) is 81.0 cm³/mol.